The summed E-state index contributed by atoms with van der Waals surface area (Å²) in [6.07, 6.45) is 5.80. The number of rotatable bonds is 4. The number of nitrogens with zero attached hydrogens (tertiary/aromatic N) is 3. The van der Waals surface area contributed by atoms with Crippen molar-refractivity contribution in [2.24, 2.45) is 0 Å². The number of nitrogens with one attached hydrogen (secondary N) is 1. The lowest BCUT2D eigenvalue weighted by Gasteiger charge is -2.28. The number of nitrogen functional groups attached to an aromatic ring is 1. The topological polar surface area (TPSA) is 88.1 Å². The highest BCUT2D eigenvalue weighted by atomic mass is 16.5. The zero-order chi connectivity index (χ0) is 16.5. The molecule has 6 heteroatoms. The van der Waals surface area contributed by atoms with Crippen molar-refractivity contribution < 1.29 is 6.16 Å². The van der Waals surface area contributed by atoms with E-state index >= 15 is 0 Å². The molecule has 1 saturated carbocycles. The summed E-state index contributed by atoms with van der Waals surface area (Å²) >= 11 is 0. The monoisotopic (exact) mass is 325 g/mol. The van der Waals surface area contributed by atoms with Crippen LogP contribution in [0.1, 0.15) is 37.0 Å². The van der Waals surface area contributed by atoms with Crippen molar-refractivity contribution in [3.05, 3.63) is 47.4 Å². The first-order valence-corrected chi connectivity index (χ1v) is 8.36. The number of pyridine rings is 2. The van der Waals surface area contributed by atoms with E-state index in [9.17, 15) is 0 Å². The van der Waals surface area contributed by atoms with Gasteiger partial charge < -0.3 is 15.4 Å². The van der Waals surface area contributed by atoms with Gasteiger partial charge in [0.05, 0.1) is 30.8 Å². The van der Waals surface area contributed by atoms with Gasteiger partial charge in [0.1, 0.15) is 5.82 Å². The number of aromatic nitrogens is 2. The summed E-state index contributed by atoms with van der Waals surface area (Å²) in [6.45, 7) is 3.08. The van der Waals surface area contributed by atoms with Crippen LogP contribution in [0.5, 0.6) is 0 Å². The van der Waals surface area contributed by atoms with Crippen LogP contribution in [0.2, 0.25) is 0 Å². The minimum Gasteiger partial charge on any atom is -0.397 e. The highest BCUT2D eigenvalue weighted by Gasteiger charge is 2.26. The Morgan fingerprint density at radius 2 is 2.04 bits per heavy atom. The fraction of sp³-hybridized carbons (Fsp3) is 0.389. The summed E-state index contributed by atoms with van der Waals surface area (Å²) in [5, 5.41) is 8.60. The Kier molecular flexibility index (Phi) is 3.90. The maximum atomic E-state index is 8.60. The van der Waals surface area contributed by atoms with Gasteiger partial charge in [-0.2, -0.15) is 0 Å². The molecule has 126 valence electrons. The van der Waals surface area contributed by atoms with Crippen molar-refractivity contribution in [3.8, 4) is 0 Å². The van der Waals surface area contributed by atoms with Gasteiger partial charge in [0, 0.05) is 43.5 Å². The van der Waals surface area contributed by atoms with Crippen LogP contribution in [0.15, 0.2) is 30.6 Å². The van der Waals surface area contributed by atoms with Crippen LogP contribution >= 0.6 is 0 Å². The molecule has 0 radical (unpaired) electrons. The fourth-order valence-corrected chi connectivity index (χ4v) is 3.00. The minimum absolute atomic E-state index is 0. The third kappa shape index (κ3) is 2.97. The molecule has 24 heavy (non-hydrogen) atoms. The van der Waals surface area contributed by atoms with Crippen LogP contribution in [0.25, 0.3) is 0 Å². The van der Waals surface area contributed by atoms with Gasteiger partial charge in [-0.15, -0.1) is 0 Å². The second kappa shape index (κ2) is 6.20. The predicted molar refractivity (Wildman–Crippen MR) is 95.9 cm³/mol. The Morgan fingerprint density at radius 1 is 1.25 bits per heavy atom. The van der Waals surface area contributed by atoms with Crippen molar-refractivity contribution in [2.45, 2.75) is 18.8 Å². The van der Waals surface area contributed by atoms with Gasteiger partial charge in [0.2, 0.25) is 0 Å². The molecule has 0 spiro atoms. The molecule has 0 atom stereocenters. The standard InChI is InChI=1S/C18H21N5O.H2/c19-15-11-22-16(12-1-2-12)10-14(15)18(20)13-3-4-21-17(9-13)23-5-7-24-8-6-23;/h3-4,9-12,20H,1-2,5-8,19H2;1H. The van der Waals surface area contributed by atoms with E-state index in [0.29, 0.717) is 30.5 Å². The van der Waals surface area contributed by atoms with Gasteiger partial charge in [-0.1, -0.05) is 0 Å². The van der Waals surface area contributed by atoms with E-state index in [4.69, 9.17) is 15.9 Å². The molecule has 1 aliphatic heterocycles. The van der Waals surface area contributed by atoms with E-state index in [2.05, 4.69) is 14.9 Å². The third-order valence-electron chi connectivity index (χ3n) is 4.59. The zero-order valence-corrected chi connectivity index (χ0v) is 13.5. The molecule has 0 bridgehead atoms. The minimum atomic E-state index is 0. The molecule has 6 nitrogen and oxygen atoms in total. The maximum Gasteiger partial charge on any atom is 0.129 e. The lowest BCUT2D eigenvalue weighted by atomic mass is 10.0. The molecule has 1 saturated heterocycles. The molecule has 2 aliphatic rings. The molecule has 4 rings (SSSR count). The molecule has 0 amide bonds. The summed E-state index contributed by atoms with van der Waals surface area (Å²) in [5.74, 6) is 1.43. The van der Waals surface area contributed by atoms with Gasteiger partial charge in [-0.25, -0.2) is 4.98 Å². The highest BCUT2D eigenvalue weighted by molar-refractivity contribution is 6.14. The Balaban J connectivity index is 0.00000182. The number of nitrogens with two attached hydrogens (primary N) is 1. The lowest BCUT2D eigenvalue weighted by Crippen LogP contribution is -2.36. The number of ether oxygens (including phenoxy) is 1. The Hall–Kier alpha value is -2.47. The van der Waals surface area contributed by atoms with Crippen molar-refractivity contribution in [1.29, 1.82) is 5.41 Å². The van der Waals surface area contributed by atoms with Crippen molar-refractivity contribution in [3.63, 3.8) is 0 Å². The van der Waals surface area contributed by atoms with E-state index in [-0.39, 0.29) is 1.43 Å². The second-order valence-electron chi connectivity index (χ2n) is 6.35. The van der Waals surface area contributed by atoms with E-state index in [1.807, 2.05) is 18.2 Å². The van der Waals surface area contributed by atoms with Gasteiger partial charge in [-0.3, -0.25) is 10.4 Å². The van der Waals surface area contributed by atoms with Crippen LogP contribution in [0.4, 0.5) is 11.5 Å². The smallest absolute Gasteiger partial charge is 0.129 e. The molecule has 2 fully saturated rings. The quantitative estimate of drug-likeness (QED) is 0.843. The highest BCUT2D eigenvalue weighted by Crippen LogP contribution is 2.39. The number of hydrogen-bond acceptors (Lipinski definition) is 6. The number of hydrogen-bond donors (Lipinski definition) is 2. The fourth-order valence-electron chi connectivity index (χ4n) is 3.00. The second-order valence-corrected chi connectivity index (χ2v) is 6.35. The van der Waals surface area contributed by atoms with E-state index < -0.39 is 0 Å². The summed E-state index contributed by atoms with van der Waals surface area (Å²) in [6, 6.07) is 5.80. The first-order chi connectivity index (χ1) is 11.7. The molecule has 2 aromatic rings. The summed E-state index contributed by atoms with van der Waals surface area (Å²) in [5.41, 5.74) is 9.69. The van der Waals surface area contributed by atoms with Crippen LogP contribution < -0.4 is 10.6 Å². The Bertz CT molecular complexity index is 772. The molecular weight excluding hydrogens is 302 g/mol. The molecular formula is C18H23N5O. The molecule has 3 heterocycles. The first kappa shape index (κ1) is 15.1. The van der Waals surface area contributed by atoms with Crippen LogP contribution in [0.3, 0.4) is 0 Å². The van der Waals surface area contributed by atoms with Gasteiger partial charge >= 0.3 is 0 Å². The van der Waals surface area contributed by atoms with Crippen molar-refractivity contribution in [2.75, 3.05) is 36.9 Å². The molecule has 2 aromatic heterocycles. The van der Waals surface area contributed by atoms with Gasteiger partial charge in [0.15, 0.2) is 0 Å². The summed E-state index contributed by atoms with van der Waals surface area (Å²) in [4.78, 5) is 11.0. The first-order valence-electron chi connectivity index (χ1n) is 8.36. The maximum absolute atomic E-state index is 8.60. The Morgan fingerprint density at radius 3 is 2.79 bits per heavy atom. The molecule has 1 aliphatic carbocycles. The average molecular weight is 325 g/mol. The average Bonchev–Trinajstić information content (AvgIpc) is 3.48. The van der Waals surface area contributed by atoms with Crippen molar-refractivity contribution >= 4 is 17.2 Å². The van der Waals surface area contributed by atoms with Crippen LogP contribution in [0, 0.1) is 5.41 Å². The molecule has 3 N–H and O–H groups in total. The van der Waals surface area contributed by atoms with E-state index in [1.165, 1.54) is 12.8 Å². The van der Waals surface area contributed by atoms with Crippen molar-refractivity contribution in [1.82, 2.24) is 9.97 Å². The largest absolute Gasteiger partial charge is 0.397 e. The number of morpholine rings is 1. The lowest BCUT2D eigenvalue weighted by molar-refractivity contribution is 0.122. The van der Waals surface area contributed by atoms with Gasteiger partial charge in [0.25, 0.3) is 0 Å². The van der Waals surface area contributed by atoms with E-state index in [0.717, 1.165) is 35.7 Å². The zero-order valence-electron chi connectivity index (χ0n) is 13.5. The third-order valence-corrected chi connectivity index (χ3v) is 4.59. The predicted octanol–water partition coefficient (Wildman–Crippen LogP) is 2.43. The Labute approximate surface area is 142 Å². The summed E-state index contributed by atoms with van der Waals surface area (Å²) < 4.78 is 5.39. The number of anilines is 2. The van der Waals surface area contributed by atoms with Gasteiger partial charge in [-0.05, 0) is 31.0 Å². The SMILES string of the molecule is N=C(c1ccnc(N2CCOCC2)c1)c1cc(C2CC2)ncc1N.[HH]. The van der Waals surface area contributed by atoms with Crippen LogP contribution in [-0.4, -0.2) is 42.0 Å². The van der Waals surface area contributed by atoms with Crippen LogP contribution in [-0.2, 0) is 4.74 Å². The summed E-state index contributed by atoms with van der Waals surface area (Å²) in [7, 11) is 0. The normalized spacial score (nSPS) is 17.8. The molecule has 0 unspecified atom stereocenters. The molecule has 0 aromatic carbocycles. The van der Waals surface area contributed by atoms with E-state index in [1.54, 1.807) is 12.4 Å².